The minimum absolute atomic E-state index is 0.296. The Morgan fingerprint density at radius 1 is 1.47 bits per heavy atom. The predicted octanol–water partition coefficient (Wildman–Crippen LogP) is 1.17. The summed E-state index contributed by atoms with van der Waals surface area (Å²) < 4.78 is 10.8. The number of aromatic nitrogens is 1. The third-order valence-corrected chi connectivity index (χ3v) is 2.57. The van der Waals surface area contributed by atoms with E-state index in [1.165, 1.54) is 0 Å². The maximum Gasteiger partial charge on any atom is 0.213 e. The van der Waals surface area contributed by atoms with Crippen LogP contribution in [0, 0.1) is 0 Å². The number of hydrogen-bond donors (Lipinski definition) is 0. The van der Waals surface area contributed by atoms with E-state index in [2.05, 4.69) is 16.9 Å². The van der Waals surface area contributed by atoms with Gasteiger partial charge < -0.3 is 14.4 Å². The predicted molar refractivity (Wildman–Crippen MR) is 57.3 cm³/mol. The van der Waals surface area contributed by atoms with Crippen LogP contribution in [0.1, 0.15) is 6.42 Å². The van der Waals surface area contributed by atoms with E-state index in [0.717, 1.165) is 25.3 Å². The van der Waals surface area contributed by atoms with Gasteiger partial charge in [0.25, 0.3) is 0 Å². The minimum Gasteiger partial charge on any atom is -0.487 e. The van der Waals surface area contributed by atoms with Gasteiger partial charge in [-0.3, -0.25) is 0 Å². The van der Waals surface area contributed by atoms with Crippen molar-refractivity contribution >= 4 is 0 Å². The molecule has 1 unspecified atom stereocenters. The fourth-order valence-electron chi connectivity index (χ4n) is 1.74. The quantitative estimate of drug-likeness (QED) is 0.747. The first-order valence-corrected chi connectivity index (χ1v) is 5.13. The first-order chi connectivity index (χ1) is 7.28. The molecule has 0 N–H and O–H groups in total. The van der Waals surface area contributed by atoms with Crippen LogP contribution in [-0.4, -0.2) is 43.2 Å². The molecule has 1 atom stereocenters. The Hall–Kier alpha value is -1.29. The van der Waals surface area contributed by atoms with Crippen LogP contribution in [0.25, 0.3) is 0 Å². The molecule has 1 saturated heterocycles. The molecule has 0 spiro atoms. The van der Waals surface area contributed by atoms with Gasteiger partial charge in [-0.1, -0.05) is 0 Å². The molecule has 2 heterocycles. The Bertz CT molecular complexity index is 313. The van der Waals surface area contributed by atoms with Gasteiger partial charge in [0.2, 0.25) is 5.88 Å². The van der Waals surface area contributed by atoms with Crippen molar-refractivity contribution in [3.63, 3.8) is 0 Å². The molecule has 1 aromatic rings. The van der Waals surface area contributed by atoms with Gasteiger partial charge in [0.15, 0.2) is 0 Å². The maximum absolute atomic E-state index is 5.79. The summed E-state index contributed by atoms with van der Waals surface area (Å²) in [7, 11) is 3.71. The molecule has 1 fully saturated rings. The minimum atomic E-state index is 0.296. The molecular formula is C11H16N2O2. The number of likely N-dealkylation sites (N-methyl/N-ethyl adjacent to an activating group) is 1. The van der Waals surface area contributed by atoms with E-state index >= 15 is 0 Å². The molecule has 2 rings (SSSR count). The molecule has 4 nitrogen and oxygen atoms in total. The Balaban J connectivity index is 1.93. The molecule has 0 aliphatic carbocycles. The van der Waals surface area contributed by atoms with E-state index in [-0.39, 0.29) is 0 Å². The van der Waals surface area contributed by atoms with Crippen molar-refractivity contribution in [2.24, 2.45) is 0 Å². The number of likely N-dealkylation sites (tertiary alicyclic amines) is 1. The molecule has 0 saturated carbocycles. The van der Waals surface area contributed by atoms with Crippen LogP contribution >= 0.6 is 0 Å². The summed E-state index contributed by atoms with van der Waals surface area (Å²) in [6.45, 7) is 2.10. The van der Waals surface area contributed by atoms with Crippen molar-refractivity contribution in [3.8, 4) is 11.6 Å². The summed E-state index contributed by atoms with van der Waals surface area (Å²) in [5, 5.41) is 0. The fourth-order valence-corrected chi connectivity index (χ4v) is 1.74. The van der Waals surface area contributed by atoms with Gasteiger partial charge in [-0.05, 0) is 19.5 Å². The lowest BCUT2D eigenvalue weighted by Gasteiger charge is -2.13. The average Bonchev–Trinajstić information content (AvgIpc) is 2.65. The smallest absolute Gasteiger partial charge is 0.213 e. The number of pyridine rings is 1. The molecule has 82 valence electrons. The summed E-state index contributed by atoms with van der Waals surface area (Å²) in [4.78, 5) is 6.36. The van der Waals surface area contributed by atoms with E-state index in [9.17, 15) is 0 Å². The number of rotatable bonds is 3. The molecule has 0 radical (unpaired) electrons. The second-order valence-corrected chi connectivity index (χ2v) is 3.83. The Labute approximate surface area is 89.8 Å². The van der Waals surface area contributed by atoms with Gasteiger partial charge in [0.1, 0.15) is 11.9 Å². The van der Waals surface area contributed by atoms with Crippen LogP contribution in [-0.2, 0) is 0 Å². The Kier molecular flexibility index (Phi) is 3.06. The Morgan fingerprint density at radius 2 is 2.33 bits per heavy atom. The molecular weight excluding hydrogens is 192 g/mol. The lowest BCUT2D eigenvalue weighted by molar-refractivity contribution is 0.207. The van der Waals surface area contributed by atoms with Crippen molar-refractivity contribution in [3.05, 3.63) is 18.3 Å². The van der Waals surface area contributed by atoms with Crippen LogP contribution in [0.15, 0.2) is 18.3 Å². The first-order valence-electron chi connectivity index (χ1n) is 5.13. The standard InChI is InChI=1S/C11H16N2O2/c1-13-6-5-10(8-13)15-9-3-4-11(14-2)12-7-9/h3-4,7,10H,5-6,8H2,1-2H3. The molecule has 0 amide bonds. The van der Waals surface area contributed by atoms with E-state index in [4.69, 9.17) is 9.47 Å². The van der Waals surface area contributed by atoms with E-state index in [1.807, 2.05) is 12.1 Å². The van der Waals surface area contributed by atoms with Crippen molar-refractivity contribution in [1.82, 2.24) is 9.88 Å². The highest BCUT2D eigenvalue weighted by atomic mass is 16.5. The highest BCUT2D eigenvalue weighted by molar-refractivity contribution is 5.23. The lowest BCUT2D eigenvalue weighted by atomic mass is 10.3. The highest BCUT2D eigenvalue weighted by Crippen LogP contribution is 2.18. The summed E-state index contributed by atoms with van der Waals surface area (Å²) >= 11 is 0. The number of hydrogen-bond acceptors (Lipinski definition) is 4. The highest BCUT2D eigenvalue weighted by Gasteiger charge is 2.20. The third-order valence-electron chi connectivity index (χ3n) is 2.57. The van der Waals surface area contributed by atoms with Crippen molar-refractivity contribution in [2.75, 3.05) is 27.2 Å². The zero-order valence-corrected chi connectivity index (χ0v) is 9.14. The van der Waals surface area contributed by atoms with Crippen molar-refractivity contribution in [1.29, 1.82) is 0 Å². The first kappa shape index (κ1) is 10.2. The van der Waals surface area contributed by atoms with Gasteiger partial charge in [0, 0.05) is 19.2 Å². The van der Waals surface area contributed by atoms with Gasteiger partial charge in [-0.15, -0.1) is 0 Å². The molecule has 1 aliphatic heterocycles. The normalized spacial score (nSPS) is 21.6. The second kappa shape index (κ2) is 4.49. The van der Waals surface area contributed by atoms with E-state index in [1.54, 1.807) is 13.3 Å². The van der Waals surface area contributed by atoms with Crippen molar-refractivity contribution in [2.45, 2.75) is 12.5 Å². The van der Waals surface area contributed by atoms with Gasteiger partial charge in [0.05, 0.1) is 13.3 Å². The van der Waals surface area contributed by atoms with E-state index < -0.39 is 0 Å². The van der Waals surface area contributed by atoms with Crippen LogP contribution in [0.3, 0.4) is 0 Å². The molecule has 4 heteroatoms. The zero-order chi connectivity index (χ0) is 10.7. The van der Waals surface area contributed by atoms with Crippen LogP contribution in [0.2, 0.25) is 0 Å². The summed E-state index contributed by atoms with van der Waals surface area (Å²) in [6.07, 6.45) is 3.09. The second-order valence-electron chi connectivity index (χ2n) is 3.83. The third kappa shape index (κ3) is 2.59. The monoisotopic (exact) mass is 208 g/mol. The SMILES string of the molecule is COc1ccc(OC2CCN(C)C2)cn1. The van der Waals surface area contributed by atoms with Crippen LogP contribution < -0.4 is 9.47 Å². The number of ether oxygens (including phenoxy) is 2. The van der Waals surface area contributed by atoms with Gasteiger partial charge in [-0.25, -0.2) is 4.98 Å². The fraction of sp³-hybridized carbons (Fsp3) is 0.545. The van der Waals surface area contributed by atoms with Gasteiger partial charge in [-0.2, -0.15) is 0 Å². The molecule has 0 bridgehead atoms. The average molecular weight is 208 g/mol. The number of nitrogens with zero attached hydrogens (tertiary/aromatic N) is 2. The Morgan fingerprint density at radius 3 is 2.87 bits per heavy atom. The van der Waals surface area contributed by atoms with Crippen LogP contribution in [0.4, 0.5) is 0 Å². The summed E-state index contributed by atoms with van der Waals surface area (Å²) in [5.74, 6) is 1.43. The largest absolute Gasteiger partial charge is 0.487 e. The maximum atomic E-state index is 5.79. The topological polar surface area (TPSA) is 34.6 Å². The zero-order valence-electron chi connectivity index (χ0n) is 9.14. The number of methoxy groups -OCH3 is 1. The molecule has 1 aromatic heterocycles. The molecule has 15 heavy (non-hydrogen) atoms. The van der Waals surface area contributed by atoms with Gasteiger partial charge >= 0.3 is 0 Å². The molecule has 0 aromatic carbocycles. The summed E-state index contributed by atoms with van der Waals surface area (Å²) in [6, 6.07) is 3.71. The van der Waals surface area contributed by atoms with Crippen molar-refractivity contribution < 1.29 is 9.47 Å². The molecule has 1 aliphatic rings. The van der Waals surface area contributed by atoms with E-state index in [0.29, 0.717) is 12.0 Å². The van der Waals surface area contributed by atoms with Crippen LogP contribution in [0.5, 0.6) is 11.6 Å². The summed E-state index contributed by atoms with van der Waals surface area (Å²) in [5.41, 5.74) is 0. The lowest BCUT2D eigenvalue weighted by Crippen LogP contribution is -2.21.